The number of hydrogen-bond acceptors (Lipinski definition) is 3. The SMILES string of the molecule is CCN(C)CCCB1OC(C)(C)C(C)(C)O1. The Labute approximate surface area is 101 Å². The van der Waals surface area contributed by atoms with Crippen molar-refractivity contribution in [2.75, 3.05) is 20.1 Å². The van der Waals surface area contributed by atoms with E-state index in [4.69, 9.17) is 9.31 Å². The first-order chi connectivity index (χ1) is 7.28. The van der Waals surface area contributed by atoms with Crippen molar-refractivity contribution in [1.82, 2.24) is 4.90 Å². The Bertz CT molecular complexity index is 215. The molecular formula is C12H26BNO2. The summed E-state index contributed by atoms with van der Waals surface area (Å²) in [5, 5.41) is 0. The summed E-state index contributed by atoms with van der Waals surface area (Å²) in [6.45, 7) is 12.8. The highest BCUT2D eigenvalue weighted by molar-refractivity contribution is 6.45. The average molecular weight is 227 g/mol. The smallest absolute Gasteiger partial charge is 0.403 e. The minimum Gasteiger partial charge on any atom is -0.403 e. The van der Waals surface area contributed by atoms with Crippen molar-refractivity contribution in [3.05, 3.63) is 0 Å². The summed E-state index contributed by atoms with van der Waals surface area (Å²) in [5.74, 6) is 0. The van der Waals surface area contributed by atoms with Gasteiger partial charge in [-0.05, 0) is 60.6 Å². The third-order valence-electron chi connectivity index (χ3n) is 3.82. The summed E-state index contributed by atoms with van der Waals surface area (Å²) in [4.78, 5) is 2.31. The zero-order valence-corrected chi connectivity index (χ0v) is 11.7. The normalized spacial score (nSPS) is 23.1. The van der Waals surface area contributed by atoms with Crippen LogP contribution in [0, 0.1) is 0 Å². The predicted molar refractivity (Wildman–Crippen MR) is 68.7 cm³/mol. The minimum atomic E-state index is -0.186. The summed E-state index contributed by atoms with van der Waals surface area (Å²) >= 11 is 0. The lowest BCUT2D eigenvalue weighted by Gasteiger charge is -2.32. The molecule has 0 aromatic heterocycles. The van der Waals surface area contributed by atoms with Crippen LogP contribution >= 0.6 is 0 Å². The third kappa shape index (κ3) is 3.22. The van der Waals surface area contributed by atoms with Gasteiger partial charge in [-0.25, -0.2) is 0 Å². The molecule has 0 unspecified atom stereocenters. The molecule has 1 fully saturated rings. The molecular weight excluding hydrogens is 201 g/mol. The lowest BCUT2D eigenvalue weighted by molar-refractivity contribution is 0.00578. The zero-order chi connectivity index (χ0) is 12.4. The van der Waals surface area contributed by atoms with Gasteiger partial charge in [0.25, 0.3) is 0 Å². The second-order valence-electron chi connectivity index (χ2n) is 5.72. The van der Waals surface area contributed by atoms with Gasteiger partial charge in [-0.15, -0.1) is 0 Å². The molecule has 0 N–H and O–H groups in total. The molecule has 1 saturated heterocycles. The molecule has 94 valence electrons. The van der Waals surface area contributed by atoms with E-state index in [1.807, 2.05) is 0 Å². The second-order valence-corrected chi connectivity index (χ2v) is 5.72. The first-order valence-corrected chi connectivity index (χ1v) is 6.32. The molecule has 0 aromatic rings. The van der Waals surface area contributed by atoms with Gasteiger partial charge in [-0.1, -0.05) is 6.92 Å². The van der Waals surface area contributed by atoms with Crippen LogP contribution < -0.4 is 0 Å². The predicted octanol–water partition coefficient (Wildman–Crippen LogP) is 2.42. The van der Waals surface area contributed by atoms with Crippen molar-refractivity contribution < 1.29 is 9.31 Å². The highest BCUT2D eigenvalue weighted by atomic mass is 16.7. The van der Waals surface area contributed by atoms with Crippen LogP contribution in [-0.4, -0.2) is 43.4 Å². The maximum atomic E-state index is 5.94. The molecule has 0 bridgehead atoms. The molecule has 0 saturated carbocycles. The molecule has 0 atom stereocenters. The molecule has 4 heteroatoms. The Morgan fingerprint density at radius 3 is 2.00 bits per heavy atom. The molecule has 1 aliphatic rings. The molecule has 1 aliphatic heterocycles. The molecule has 0 amide bonds. The monoisotopic (exact) mass is 227 g/mol. The van der Waals surface area contributed by atoms with Gasteiger partial charge in [0, 0.05) is 0 Å². The van der Waals surface area contributed by atoms with Gasteiger partial charge in [0.2, 0.25) is 0 Å². The van der Waals surface area contributed by atoms with Gasteiger partial charge < -0.3 is 14.2 Å². The first-order valence-electron chi connectivity index (χ1n) is 6.32. The van der Waals surface area contributed by atoms with Crippen LogP contribution in [-0.2, 0) is 9.31 Å². The first kappa shape index (κ1) is 14.0. The van der Waals surface area contributed by atoms with E-state index in [-0.39, 0.29) is 18.3 Å². The van der Waals surface area contributed by atoms with E-state index in [1.54, 1.807) is 0 Å². The van der Waals surface area contributed by atoms with Gasteiger partial charge in [0.1, 0.15) is 0 Å². The summed E-state index contributed by atoms with van der Waals surface area (Å²) < 4.78 is 11.9. The Morgan fingerprint density at radius 2 is 1.56 bits per heavy atom. The van der Waals surface area contributed by atoms with E-state index < -0.39 is 0 Å². The fraction of sp³-hybridized carbons (Fsp3) is 1.00. The minimum absolute atomic E-state index is 0.0322. The molecule has 0 spiro atoms. The van der Waals surface area contributed by atoms with Crippen LogP contribution in [0.2, 0.25) is 6.32 Å². The van der Waals surface area contributed by atoms with Crippen molar-refractivity contribution >= 4 is 7.12 Å². The molecule has 1 heterocycles. The van der Waals surface area contributed by atoms with Crippen molar-refractivity contribution in [1.29, 1.82) is 0 Å². The van der Waals surface area contributed by atoms with Crippen molar-refractivity contribution in [2.45, 2.75) is 58.6 Å². The maximum absolute atomic E-state index is 5.94. The van der Waals surface area contributed by atoms with E-state index in [0.717, 1.165) is 25.8 Å². The molecule has 3 nitrogen and oxygen atoms in total. The fourth-order valence-corrected chi connectivity index (χ4v) is 1.77. The molecule has 1 rings (SSSR count). The van der Waals surface area contributed by atoms with E-state index in [1.165, 1.54) is 0 Å². The number of hydrogen-bond donors (Lipinski definition) is 0. The van der Waals surface area contributed by atoms with Gasteiger partial charge in [-0.2, -0.15) is 0 Å². The standard InChI is InChI=1S/C12H26BNO2/c1-7-14(6)10-8-9-13-15-11(2,3)12(4,5)16-13/h7-10H2,1-6H3. The van der Waals surface area contributed by atoms with Crippen molar-refractivity contribution in [3.8, 4) is 0 Å². The Hall–Kier alpha value is -0.0551. The summed E-state index contributed by atoms with van der Waals surface area (Å²) in [7, 11) is 2.11. The molecule has 0 aliphatic carbocycles. The summed E-state index contributed by atoms with van der Waals surface area (Å²) in [6.07, 6.45) is 2.11. The van der Waals surface area contributed by atoms with Crippen LogP contribution in [0.5, 0.6) is 0 Å². The summed E-state index contributed by atoms with van der Waals surface area (Å²) in [5.41, 5.74) is -0.372. The Morgan fingerprint density at radius 1 is 1.06 bits per heavy atom. The van der Waals surface area contributed by atoms with Gasteiger partial charge in [0.15, 0.2) is 0 Å². The third-order valence-corrected chi connectivity index (χ3v) is 3.82. The quantitative estimate of drug-likeness (QED) is 0.673. The van der Waals surface area contributed by atoms with Gasteiger partial charge in [-0.3, -0.25) is 0 Å². The fourth-order valence-electron chi connectivity index (χ4n) is 1.77. The van der Waals surface area contributed by atoms with Crippen LogP contribution in [0.3, 0.4) is 0 Å². The van der Waals surface area contributed by atoms with E-state index in [2.05, 4.69) is 46.6 Å². The largest absolute Gasteiger partial charge is 0.457 e. The average Bonchev–Trinajstić information content (AvgIpc) is 2.35. The number of nitrogens with zero attached hydrogens (tertiary/aromatic N) is 1. The topological polar surface area (TPSA) is 21.7 Å². The lowest BCUT2D eigenvalue weighted by atomic mass is 9.83. The van der Waals surface area contributed by atoms with Crippen LogP contribution in [0.1, 0.15) is 41.0 Å². The van der Waals surface area contributed by atoms with Crippen LogP contribution in [0.25, 0.3) is 0 Å². The second kappa shape index (κ2) is 5.07. The van der Waals surface area contributed by atoms with Gasteiger partial charge >= 0.3 is 7.12 Å². The molecule has 16 heavy (non-hydrogen) atoms. The molecule has 0 aromatic carbocycles. The molecule has 0 radical (unpaired) electrons. The van der Waals surface area contributed by atoms with E-state index >= 15 is 0 Å². The van der Waals surface area contributed by atoms with Crippen molar-refractivity contribution in [2.24, 2.45) is 0 Å². The number of rotatable bonds is 5. The Kier molecular flexibility index (Phi) is 4.44. The lowest BCUT2D eigenvalue weighted by Crippen LogP contribution is -2.41. The maximum Gasteiger partial charge on any atom is 0.457 e. The highest BCUT2D eigenvalue weighted by Crippen LogP contribution is 2.37. The van der Waals surface area contributed by atoms with Gasteiger partial charge in [0.05, 0.1) is 11.2 Å². The zero-order valence-electron chi connectivity index (χ0n) is 11.7. The van der Waals surface area contributed by atoms with Crippen molar-refractivity contribution in [3.63, 3.8) is 0 Å². The van der Waals surface area contributed by atoms with Crippen LogP contribution in [0.4, 0.5) is 0 Å². The van der Waals surface area contributed by atoms with E-state index in [0.29, 0.717) is 0 Å². The highest BCUT2D eigenvalue weighted by Gasteiger charge is 2.50. The van der Waals surface area contributed by atoms with Crippen LogP contribution in [0.15, 0.2) is 0 Å². The van der Waals surface area contributed by atoms with E-state index in [9.17, 15) is 0 Å². The Balaban J connectivity index is 2.32. The summed E-state index contributed by atoms with van der Waals surface area (Å²) in [6, 6.07) is 0.